The van der Waals surface area contributed by atoms with E-state index in [-0.39, 0.29) is 51.0 Å². The smallest absolute Gasteiger partial charge is 1.00 e. The van der Waals surface area contributed by atoms with E-state index in [1.54, 1.807) is 0 Å². The molecule has 188 valence electrons. The molecule has 0 aromatic heterocycles. The molecule has 0 N–H and O–H groups in total. The Morgan fingerprint density at radius 3 is 1.24 bits per heavy atom. The Hall–Kier alpha value is -2.22. The van der Waals surface area contributed by atoms with Crippen molar-refractivity contribution in [1.29, 1.82) is 0 Å². The molecule has 0 aliphatic carbocycles. The van der Waals surface area contributed by atoms with Crippen LogP contribution >= 0.6 is 0 Å². The van der Waals surface area contributed by atoms with Gasteiger partial charge in [0.1, 0.15) is 0 Å². The molecule has 6 rings (SSSR count). The number of halogens is 2. The number of hydrogen-bond donors (Lipinski definition) is 0. The first-order chi connectivity index (χ1) is 17.0. The topological polar surface area (TPSA) is 0 Å². The van der Waals surface area contributed by atoms with Crippen LogP contribution < -0.4 is 35.2 Å². The molecule has 0 atom stereocenters. The van der Waals surface area contributed by atoms with Crippen molar-refractivity contribution < 1.29 is 51.0 Å². The Labute approximate surface area is 258 Å². The van der Waals surface area contributed by atoms with Crippen LogP contribution in [0.1, 0.15) is 11.1 Å². The summed E-state index contributed by atoms with van der Waals surface area (Å²) in [6, 6.07) is 40.3. The zero-order chi connectivity index (χ0) is 24.2. The molecular weight excluding hydrogens is 599 g/mol. The molecule has 0 fully saturated rings. The second-order valence-corrected chi connectivity index (χ2v) is 14.6. The maximum Gasteiger partial charge on any atom is 4.00 e. The Morgan fingerprint density at radius 1 is 0.500 bits per heavy atom. The second kappa shape index (κ2) is 11.9. The Morgan fingerprint density at radius 2 is 0.868 bits per heavy atom. The summed E-state index contributed by atoms with van der Waals surface area (Å²) in [7, 11) is -2.02. The summed E-state index contributed by atoms with van der Waals surface area (Å²) in [6.45, 7) is 9.67. The average molecular weight is 629 g/mol. The van der Waals surface area contributed by atoms with Gasteiger partial charge in [-0.1, -0.05) is 133 Å². The average Bonchev–Trinajstić information content (AvgIpc) is 3.42. The van der Waals surface area contributed by atoms with Gasteiger partial charge in [0.25, 0.3) is 0 Å². The summed E-state index contributed by atoms with van der Waals surface area (Å²) in [6.07, 6.45) is 0. The fourth-order valence-corrected chi connectivity index (χ4v) is 9.27. The van der Waals surface area contributed by atoms with E-state index in [1.807, 2.05) is 0 Å². The minimum atomic E-state index is -2.02. The van der Waals surface area contributed by atoms with Crippen molar-refractivity contribution in [2.45, 2.75) is 26.9 Å². The third kappa shape index (κ3) is 4.93. The van der Waals surface area contributed by atoms with Crippen LogP contribution in [-0.4, -0.2) is 8.07 Å². The van der Waals surface area contributed by atoms with E-state index in [0.717, 1.165) is 0 Å². The first-order valence-corrected chi connectivity index (χ1v) is 15.5. The van der Waals surface area contributed by atoms with Crippen LogP contribution in [0, 0.1) is 13.8 Å². The predicted octanol–water partition coefficient (Wildman–Crippen LogP) is 2.21. The minimum Gasteiger partial charge on any atom is -1.00 e. The van der Waals surface area contributed by atoms with Crippen LogP contribution in [0.25, 0.3) is 43.8 Å². The quantitative estimate of drug-likeness (QED) is 0.208. The zero-order valence-electron chi connectivity index (χ0n) is 22.1. The molecule has 0 nitrogen and oxygen atoms in total. The van der Waals surface area contributed by atoms with E-state index in [1.165, 1.54) is 65.3 Å². The van der Waals surface area contributed by atoms with E-state index in [9.17, 15) is 0 Å². The van der Waals surface area contributed by atoms with E-state index >= 15 is 0 Å². The van der Waals surface area contributed by atoms with E-state index in [2.05, 4.69) is 136 Å². The van der Waals surface area contributed by atoms with Crippen molar-refractivity contribution in [2.75, 3.05) is 0 Å². The van der Waals surface area contributed by atoms with Crippen molar-refractivity contribution in [1.82, 2.24) is 0 Å². The van der Waals surface area contributed by atoms with Gasteiger partial charge in [-0.15, -0.1) is 68.1 Å². The van der Waals surface area contributed by atoms with Crippen molar-refractivity contribution in [3.63, 3.8) is 0 Å². The van der Waals surface area contributed by atoms with Gasteiger partial charge >= 0.3 is 26.2 Å². The number of fused-ring (bicyclic) bond motifs is 2. The molecule has 0 bridgehead atoms. The molecule has 4 heteroatoms. The van der Waals surface area contributed by atoms with Crippen LogP contribution in [0.5, 0.6) is 0 Å². The molecule has 6 aromatic rings. The summed E-state index contributed by atoms with van der Waals surface area (Å²) in [5.41, 5.74) is 8.11. The van der Waals surface area contributed by atoms with Crippen LogP contribution in [0.3, 0.4) is 0 Å². The van der Waals surface area contributed by atoms with Crippen molar-refractivity contribution in [2.24, 2.45) is 0 Å². The minimum absolute atomic E-state index is 0. The largest absolute Gasteiger partial charge is 4.00 e. The fraction of sp³-hybridized carbons (Fsp3) is 0.118. The molecule has 38 heavy (non-hydrogen) atoms. The van der Waals surface area contributed by atoms with Gasteiger partial charge < -0.3 is 24.8 Å². The molecular formula is C34H30Cl2SiZr. The van der Waals surface area contributed by atoms with Crippen molar-refractivity contribution in [3.8, 4) is 22.3 Å². The third-order valence-corrected chi connectivity index (χ3v) is 11.4. The maximum absolute atomic E-state index is 2.53. The molecule has 0 spiro atoms. The Kier molecular flexibility index (Phi) is 9.49. The Bertz CT molecular complexity index is 1550. The summed E-state index contributed by atoms with van der Waals surface area (Å²) in [5, 5.41) is 8.68. The van der Waals surface area contributed by atoms with Gasteiger partial charge in [0, 0.05) is 0 Å². The molecule has 0 saturated carbocycles. The molecule has 0 amide bonds. The molecule has 0 heterocycles. The van der Waals surface area contributed by atoms with Crippen LogP contribution in [0.15, 0.2) is 109 Å². The number of rotatable bonds is 4. The molecule has 0 aliphatic heterocycles. The van der Waals surface area contributed by atoms with E-state index in [4.69, 9.17) is 0 Å². The third-order valence-electron chi connectivity index (χ3n) is 7.87. The molecule has 0 aliphatic rings. The van der Waals surface area contributed by atoms with Crippen molar-refractivity contribution in [3.05, 3.63) is 120 Å². The first-order valence-electron chi connectivity index (χ1n) is 12.5. The van der Waals surface area contributed by atoms with Crippen LogP contribution in [-0.2, 0) is 26.2 Å². The van der Waals surface area contributed by atoms with Gasteiger partial charge in [0.2, 0.25) is 0 Å². The summed E-state index contributed by atoms with van der Waals surface area (Å²) < 4.78 is 0. The number of benzene rings is 4. The zero-order valence-corrected chi connectivity index (χ0v) is 27.1. The van der Waals surface area contributed by atoms with Gasteiger partial charge in [-0.3, -0.25) is 0 Å². The summed E-state index contributed by atoms with van der Waals surface area (Å²) in [5.74, 6) is 0. The normalized spacial score (nSPS) is 11.1. The second-order valence-electron chi connectivity index (χ2n) is 10.3. The van der Waals surface area contributed by atoms with Gasteiger partial charge in [-0.2, -0.15) is 0 Å². The molecule has 0 unspecified atom stereocenters. The van der Waals surface area contributed by atoms with Gasteiger partial charge in [-0.05, 0) is 0 Å². The first kappa shape index (κ1) is 30.3. The molecule has 0 saturated heterocycles. The maximum atomic E-state index is 2.53. The van der Waals surface area contributed by atoms with Crippen LogP contribution in [0.4, 0.5) is 0 Å². The van der Waals surface area contributed by atoms with Gasteiger partial charge in [-0.25, -0.2) is 0 Å². The van der Waals surface area contributed by atoms with E-state index < -0.39 is 8.07 Å². The number of aryl methyl sites for hydroxylation is 2. The van der Waals surface area contributed by atoms with Gasteiger partial charge in [0.05, 0.1) is 8.07 Å². The van der Waals surface area contributed by atoms with Crippen molar-refractivity contribution >= 4 is 40.0 Å². The summed E-state index contributed by atoms with van der Waals surface area (Å²) >= 11 is 0. The molecule has 6 aromatic carbocycles. The number of hydrogen-bond acceptors (Lipinski definition) is 0. The Balaban J connectivity index is 0.00000133. The fourth-order valence-electron chi connectivity index (χ4n) is 6.04. The SMILES string of the molecule is Cc1c(-c2ccccc2)[cH-]c2cccc([Si](C)(C)c3cccc4[cH-]c(-c5ccccc5)c(C)c34)c12.[Cl-].[Cl-].[Zr+4]. The standard InChI is InChI=1S/C34H30Si.2ClH.Zr/c1-23-29(25-13-7-5-8-14-25)21-27-17-11-19-31(33(23)27)35(3,4)32-20-12-18-28-22-30(24(2)34(28)32)26-15-9-6-10-16-26;;;/h5-22H,1-4H3;2*1H;/q-2;;;+4/p-2. The summed E-state index contributed by atoms with van der Waals surface area (Å²) in [4.78, 5) is 0. The predicted molar refractivity (Wildman–Crippen MR) is 156 cm³/mol. The molecule has 0 radical (unpaired) electrons. The monoisotopic (exact) mass is 626 g/mol. The van der Waals surface area contributed by atoms with Gasteiger partial charge in [0.15, 0.2) is 0 Å². The van der Waals surface area contributed by atoms with Crippen LogP contribution in [0.2, 0.25) is 13.1 Å². The van der Waals surface area contributed by atoms with E-state index in [0.29, 0.717) is 0 Å².